The summed E-state index contributed by atoms with van der Waals surface area (Å²) in [5.74, 6) is 0.315. The van der Waals surface area contributed by atoms with Gasteiger partial charge in [0.2, 0.25) is 0 Å². The van der Waals surface area contributed by atoms with Gasteiger partial charge in [-0.2, -0.15) is 8.42 Å². The molecule has 2 rings (SSSR count). The van der Waals surface area contributed by atoms with Gasteiger partial charge in [0.1, 0.15) is 17.3 Å². The average Bonchev–Trinajstić information content (AvgIpc) is 2.44. The number of hydrogen-bond acceptors (Lipinski definition) is 7. The second kappa shape index (κ2) is 7.04. The number of ether oxygens (including phenoxy) is 2. The summed E-state index contributed by atoms with van der Waals surface area (Å²) in [7, 11) is -3.09. The molecule has 1 heterocycles. The van der Waals surface area contributed by atoms with Crippen LogP contribution < -0.4 is 9.46 Å². The standard InChI is InChI=1S/C12H13ClN4O5S/c1-7-14-12(17-23(18,19)20)11(16-15-7)9-4-3-8(13)5-10(9)22-6-21-2/h3-5H,6H2,1-2H3,(H,14,15,17)(H,18,19,20). The van der Waals surface area contributed by atoms with Crippen molar-refractivity contribution >= 4 is 27.7 Å². The first-order chi connectivity index (χ1) is 10.8. The van der Waals surface area contributed by atoms with Crippen molar-refractivity contribution in [1.29, 1.82) is 0 Å². The Morgan fingerprint density at radius 1 is 1.35 bits per heavy atom. The Bertz CT molecular complexity index is 815. The Morgan fingerprint density at radius 2 is 2.09 bits per heavy atom. The zero-order valence-electron chi connectivity index (χ0n) is 12.1. The molecule has 1 aromatic heterocycles. The second-order valence-electron chi connectivity index (χ2n) is 4.32. The molecule has 0 atom stereocenters. The summed E-state index contributed by atoms with van der Waals surface area (Å²) in [6.45, 7) is 1.47. The first-order valence-corrected chi connectivity index (χ1v) is 8.00. The fraction of sp³-hybridized carbons (Fsp3) is 0.250. The van der Waals surface area contributed by atoms with Gasteiger partial charge in [0.05, 0.1) is 0 Å². The molecule has 0 aliphatic rings. The summed E-state index contributed by atoms with van der Waals surface area (Å²) in [6, 6.07) is 4.63. The Hall–Kier alpha value is -2.01. The average molecular weight is 361 g/mol. The van der Waals surface area contributed by atoms with Crippen LogP contribution in [-0.2, 0) is 15.0 Å². The number of halogens is 1. The summed E-state index contributed by atoms with van der Waals surface area (Å²) in [5, 5.41) is 8.11. The molecule has 11 heteroatoms. The third kappa shape index (κ3) is 4.73. The molecule has 9 nitrogen and oxygen atoms in total. The molecule has 0 unspecified atom stereocenters. The maximum atomic E-state index is 11.1. The van der Waals surface area contributed by atoms with Crippen molar-refractivity contribution in [3.63, 3.8) is 0 Å². The van der Waals surface area contributed by atoms with Crippen LogP contribution in [0.25, 0.3) is 11.3 Å². The molecular formula is C12H13ClN4O5S. The van der Waals surface area contributed by atoms with Gasteiger partial charge in [-0.25, -0.2) is 9.71 Å². The molecular weight excluding hydrogens is 348 g/mol. The van der Waals surface area contributed by atoms with Crippen LogP contribution in [0.4, 0.5) is 5.82 Å². The maximum absolute atomic E-state index is 11.1. The monoisotopic (exact) mass is 360 g/mol. The van der Waals surface area contributed by atoms with Crippen molar-refractivity contribution < 1.29 is 22.4 Å². The first kappa shape index (κ1) is 17.3. The first-order valence-electron chi connectivity index (χ1n) is 6.18. The fourth-order valence-corrected chi connectivity index (χ4v) is 2.26. The molecule has 0 aliphatic carbocycles. The van der Waals surface area contributed by atoms with Crippen molar-refractivity contribution in [1.82, 2.24) is 15.2 Å². The SMILES string of the molecule is COCOc1cc(Cl)ccc1-c1nnc(C)nc1NS(=O)(=O)O. The Morgan fingerprint density at radius 3 is 2.74 bits per heavy atom. The van der Waals surface area contributed by atoms with Gasteiger partial charge in [0.15, 0.2) is 12.6 Å². The van der Waals surface area contributed by atoms with Crippen molar-refractivity contribution in [2.24, 2.45) is 0 Å². The molecule has 124 valence electrons. The number of nitrogens with one attached hydrogen (secondary N) is 1. The van der Waals surface area contributed by atoms with Gasteiger partial charge in [-0.15, -0.1) is 10.2 Å². The van der Waals surface area contributed by atoms with E-state index in [1.807, 2.05) is 4.72 Å². The molecule has 0 bridgehead atoms. The largest absolute Gasteiger partial charge is 0.467 e. The molecule has 0 spiro atoms. The fourth-order valence-electron chi connectivity index (χ4n) is 1.72. The lowest BCUT2D eigenvalue weighted by molar-refractivity contribution is 0.0515. The number of hydrogen-bond donors (Lipinski definition) is 2. The number of nitrogens with zero attached hydrogens (tertiary/aromatic N) is 3. The van der Waals surface area contributed by atoms with E-state index in [9.17, 15) is 8.42 Å². The van der Waals surface area contributed by atoms with Crippen molar-refractivity contribution in [2.45, 2.75) is 6.92 Å². The summed E-state index contributed by atoms with van der Waals surface area (Å²) in [4.78, 5) is 3.94. The van der Waals surface area contributed by atoms with E-state index in [0.29, 0.717) is 10.6 Å². The van der Waals surface area contributed by atoms with Gasteiger partial charge >= 0.3 is 10.3 Å². The van der Waals surface area contributed by atoms with Crippen LogP contribution in [0, 0.1) is 6.92 Å². The second-order valence-corrected chi connectivity index (χ2v) is 5.92. The minimum atomic E-state index is -4.53. The van der Waals surface area contributed by atoms with Crippen LogP contribution in [0.5, 0.6) is 5.75 Å². The highest BCUT2D eigenvalue weighted by molar-refractivity contribution is 7.87. The molecule has 0 saturated carbocycles. The van der Waals surface area contributed by atoms with Crippen LogP contribution in [-0.4, -0.2) is 42.1 Å². The molecule has 0 saturated heterocycles. The van der Waals surface area contributed by atoms with Crippen molar-refractivity contribution in [3.05, 3.63) is 29.0 Å². The van der Waals surface area contributed by atoms with Gasteiger partial charge in [-0.05, 0) is 25.1 Å². The van der Waals surface area contributed by atoms with Gasteiger partial charge in [0, 0.05) is 17.7 Å². The number of rotatable bonds is 6. The zero-order valence-corrected chi connectivity index (χ0v) is 13.7. The Kier molecular flexibility index (Phi) is 5.31. The molecule has 2 aromatic rings. The Labute approximate surface area is 137 Å². The van der Waals surface area contributed by atoms with Gasteiger partial charge < -0.3 is 9.47 Å². The summed E-state index contributed by atoms with van der Waals surface area (Å²) in [5.41, 5.74) is 0.439. The summed E-state index contributed by atoms with van der Waals surface area (Å²) in [6.07, 6.45) is 0. The van der Waals surface area contributed by atoms with Crippen LogP contribution in [0.15, 0.2) is 18.2 Å². The zero-order chi connectivity index (χ0) is 17.0. The van der Waals surface area contributed by atoms with E-state index in [2.05, 4.69) is 15.2 Å². The Balaban J connectivity index is 2.57. The minimum Gasteiger partial charge on any atom is -0.467 e. The lowest BCUT2D eigenvalue weighted by Gasteiger charge is -2.13. The molecule has 0 radical (unpaired) electrons. The number of methoxy groups -OCH3 is 1. The van der Waals surface area contributed by atoms with Gasteiger partial charge in [-0.1, -0.05) is 11.6 Å². The molecule has 0 amide bonds. The van der Waals surface area contributed by atoms with E-state index in [1.165, 1.54) is 20.1 Å². The lowest BCUT2D eigenvalue weighted by Crippen LogP contribution is -2.14. The van der Waals surface area contributed by atoms with Crippen molar-refractivity contribution in [3.8, 4) is 17.0 Å². The number of benzene rings is 1. The molecule has 23 heavy (non-hydrogen) atoms. The third-order valence-corrected chi connectivity index (χ3v) is 3.24. The quantitative estimate of drug-likeness (QED) is 0.589. The van der Waals surface area contributed by atoms with Crippen LogP contribution in [0.1, 0.15) is 5.82 Å². The van der Waals surface area contributed by atoms with Gasteiger partial charge in [-0.3, -0.25) is 4.55 Å². The van der Waals surface area contributed by atoms with E-state index in [4.69, 9.17) is 25.6 Å². The molecule has 0 aliphatic heterocycles. The number of anilines is 1. The maximum Gasteiger partial charge on any atom is 0.358 e. The highest BCUT2D eigenvalue weighted by Crippen LogP contribution is 2.34. The highest BCUT2D eigenvalue weighted by Gasteiger charge is 2.18. The van der Waals surface area contributed by atoms with E-state index in [0.717, 1.165) is 0 Å². The molecule has 1 aromatic carbocycles. The normalized spacial score (nSPS) is 11.3. The lowest BCUT2D eigenvalue weighted by atomic mass is 10.1. The number of aromatic nitrogens is 3. The molecule has 2 N–H and O–H groups in total. The van der Waals surface area contributed by atoms with Crippen LogP contribution >= 0.6 is 11.6 Å². The number of aryl methyl sites for hydroxylation is 1. The van der Waals surface area contributed by atoms with Crippen molar-refractivity contribution in [2.75, 3.05) is 18.6 Å². The minimum absolute atomic E-state index is 0.0544. The van der Waals surface area contributed by atoms with E-state index >= 15 is 0 Å². The van der Waals surface area contributed by atoms with E-state index in [-0.39, 0.29) is 29.9 Å². The van der Waals surface area contributed by atoms with Crippen LogP contribution in [0.3, 0.4) is 0 Å². The van der Waals surface area contributed by atoms with Crippen LogP contribution in [0.2, 0.25) is 5.02 Å². The predicted molar refractivity (Wildman–Crippen MR) is 82.7 cm³/mol. The predicted octanol–water partition coefficient (Wildman–Crippen LogP) is 1.70. The molecule has 0 fully saturated rings. The van der Waals surface area contributed by atoms with E-state index in [1.54, 1.807) is 12.1 Å². The van der Waals surface area contributed by atoms with E-state index < -0.39 is 10.3 Å². The summed E-state index contributed by atoms with van der Waals surface area (Å²) >= 11 is 5.93. The topological polar surface area (TPSA) is 124 Å². The van der Waals surface area contributed by atoms with Gasteiger partial charge in [0.25, 0.3) is 0 Å². The smallest absolute Gasteiger partial charge is 0.358 e. The summed E-state index contributed by atoms with van der Waals surface area (Å²) < 4.78 is 43.3. The highest BCUT2D eigenvalue weighted by atomic mass is 35.5. The third-order valence-electron chi connectivity index (χ3n) is 2.55.